The third-order valence-electron chi connectivity index (χ3n) is 4.90. The predicted octanol–water partition coefficient (Wildman–Crippen LogP) is 3.80. The molecule has 2 aromatic carbocycles. The van der Waals surface area contributed by atoms with Gasteiger partial charge in [-0.1, -0.05) is 13.0 Å². The molecule has 8 heteroatoms. The molecule has 0 spiro atoms. The number of aryl methyl sites for hydroxylation is 1. The lowest BCUT2D eigenvalue weighted by Gasteiger charge is -2.35. The summed E-state index contributed by atoms with van der Waals surface area (Å²) in [4.78, 5) is 12.9. The van der Waals surface area contributed by atoms with Gasteiger partial charge in [0.1, 0.15) is 11.9 Å². The van der Waals surface area contributed by atoms with Crippen LogP contribution in [0, 0.1) is 6.92 Å². The zero-order valence-corrected chi connectivity index (χ0v) is 17.4. The lowest BCUT2D eigenvalue weighted by Crippen LogP contribution is -2.43. The number of nitrogens with zero attached hydrogens (tertiary/aromatic N) is 1. The van der Waals surface area contributed by atoms with Gasteiger partial charge in [0.15, 0.2) is 0 Å². The van der Waals surface area contributed by atoms with E-state index in [-0.39, 0.29) is 23.5 Å². The molecule has 1 N–H and O–H groups in total. The number of sulfonamides is 1. The normalized spacial score (nSPS) is 19.1. The number of benzene rings is 2. The Morgan fingerprint density at radius 1 is 1.25 bits per heavy atom. The van der Waals surface area contributed by atoms with E-state index in [1.807, 2.05) is 32.0 Å². The molecule has 28 heavy (non-hydrogen) atoms. The van der Waals surface area contributed by atoms with Gasteiger partial charge in [0, 0.05) is 17.1 Å². The Morgan fingerprint density at radius 3 is 2.86 bits per heavy atom. The number of rotatable bonds is 3. The molecule has 2 heterocycles. The first-order chi connectivity index (χ1) is 13.4. The van der Waals surface area contributed by atoms with Crippen LogP contribution in [0.25, 0.3) is 0 Å². The number of anilines is 2. The Balaban J connectivity index is 1.78. The van der Waals surface area contributed by atoms with E-state index >= 15 is 0 Å². The van der Waals surface area contributed by atoms with E-state index in [4.69, 9.17) is 4.74 Å². The fourth-order valence-corrected chi connectivity index (χ4v) is 5.81. The minimum Gasteiger partial charge on any atom is -0.486 e. The number of carbonyl (C=O) groups excluding carboxylic acids is 1. The van der Waals surface area contributed by atoms with Crippen molar-refractivity contribution in [3.63, 3.8) is 0 Å². The molecule has 0 aromatic heterocycles. The van der Waals surface area contributed by atoms with Crippen LogP contribution in [0.15, 0.2) is 46.2 Å². The van der Waals surface area contributed by atoms with Crippen LogP contribution >= 0.6 is 11.8 Å². The highest BCUT2D eigenvalue weighted by molar-refractivity contribution is 7.99. The Morgan fingerprint density at radius 2 is 2.07 bits per heavy atom. The van der Waals surface area contributed by atoms with Crippen molar-refractivity contribution in [2.24, 2.45) is 0 Å². The summed E-state index contributed by atoms with van der Waals surface area (Å²) in [5.74, 6) is 1.16. The van der Waals surface area contributed by atoms with Crippen LogP contribution in [0.4, 0.5) is 11.4 Å². The number of ether oxygens (including phenoxy) is 1. The molecule has 2 aromatic rings. The van der Waals surface area contributed by atoms with Crippen molar-refractivity contribution in [3.05, 3.63) is 42.0 Å². The van der Waals surface area contributed by atoms with Gasteiger partial charge in [-0.3, -0.25) is 9.10 Å². The Hall–Kier alpha value is -2.19. The van der Waals surface area contributed by atoms with Crippen LogP contribution in [0.3, 0.4) is 0 Å². The Bertz CT molecular complexity index is 1040. The quantitative estimate of drug-likeness (QED) is 0.821. The topological polar surface area (TPSA) is 75.7 Å². The number of hydrogen-bond acceptors (Lipinski definition) is 5. The lowest BCUT2D eigenvalue weighted by molar-refractivity contribution is -0.115. The molecular formula is C20H22N2O4S2. The van der Waals surface area contributed by atoms with Crippen molar-refractivity contribution in [1.82, 2.24) is 0 Å². The summed E-state index contributed by atoms with van der Waals surface area (Å²) in [5, 5.41) is 2.82. The second-order valence-electron chi connectivity index (χ2n) is 6.96. The molecule has 2 aliphatic rings. The number of amides is 1. The van der Waals surface area contributed by atoms with Crippen molar-refractivity contribution in [2.45, 2.75) is 42.6 Å². The van der Waals surface area contributed by atoms with Gasteiger partial charge in [-0.25, -0.2) is 8.42 Å². The van der Waals surface area contributed by atoms with E-state index in [0.717, 1.165) is 10.5 Å². The molecule has 1 atom stereocenters. The predicted molar refractivity (Wildman–Crippen MR) is 111 cm³/mol. The van der Waals surface area contributed by atoms with Gasteiger partial charge >= 0.3 is 0 Å². The van der Waals surface area contributed by atoms with E-state index in [0.29, 0.717) is 35.7 Å². The van der Waals surface area contributed by atoms with Crippen LogP contribution in [-0.4, -0.2) is 32.7 Å². The number of fused-ring (bicyclic) bond motifs is 2. The monoisotopic (exact) mass is 418 g/mol. The molecule has 4 rings (SSSR count). The number of carbonyl (C=O) groups is 1. The average molecular weight is 419 g/mol. The van der Waals surface area contributed by atoms with Crippen LogP contribution in [0.2, 0.25) is 0 Å². The second kappa shape index (κ2) is 7.33. The van der Waals surface area contributed by atoms with Crippen LogP contribution in [0.5, 0.6) is 5.75 Å². The summed E-state index contributed by atoms with van der Waals surface area (Å²) in [7, 11) is -3.81. The maximum absolute atomic E-state index is 13.5. The van der Waals surface area contributed by atoms with E-state index in [2.05, 4.69) is 5.32 Å². The van der Waals surface area contributed by atoms with Gasteiger partial charge < -0.3 is 10.1 Å². The smallest absolute Gasteiger partial charge is 0.264 e. The number of nitrogens with one attached hydrogen (secondary N) is 1. The summed E-state index contributed by atoms with van der Waals surface area (Å²) < 4.78 is 34.4. The maximum atomic E-state index is 13.5. The third kappa shape index (κ3) is 3.46. The summed E-state index contributed by atoms with van der Waals surface area (Å²) in [6, 6.07) is 10.5. The minimum atomic E-state index is -3.81. The van der Waals surface area contributed by atoms with E-state index < -0.39 is 10.0 Å². The molecule has 2 aliphatic heterocycles. The van der Waals surface area contributed by atoms with E-state index in [1.54, 1.807) is 30.0 Å². The molecular weight excluding hydrogens is 396 g/mol. The zero-order chi connectivity index (χ0) is 19.9. The van der Waals surface area contributed by atoms with E-state index in [1.165, 1.54) is 4.31 Å². The number of thioether (sulfide) groups is 1. The second-order valence-corrected chi connectivity index (χ2v) is 9.96. The van der Waals surface area contributed by atoms with Crippen molar-refractivity contribution in [3.8, 4) is 5.75 Å². The van der Waals surface area contributed by atoms with Crippen molar-refractivity contribution in [1.29, 1.82) is 0 Å². The molecule has 148 valence electrons. The minimum absolute atomic E-state index is 0.0980. The van der Waals surface area contributed by atoms with Gasteiger partial charge in [-0.15, -0.1) is 11.8 Å². The maximum Gasteiger partial charge on any atom is 0.264 e. The Kier molecular flexibility index (Phi) is 5.01. The lowest BCUT2D eigenvalue weighted by atomic mass is 10.1. The molecule has 0 fully saturated rings. The van der Waals surface area contributed by atoms with Crippen LogP contribution in [0.1, 0.15) is 25.3 Å². The summed E-state index contributed by atoms with van der Waals surface area (Å²) >= 11 is 1.55. The standard InChI is InChI=1S/C20H22N2O4S2/c1-3-14-12-22(17-10-13(2)4-6-18(17)26-14)28(24,25)15-5-7-19-16(11-15)21-20(23)8-9-27-19/h4-7,10-11,14H,3,8-9,12H2,1-2H3,(H,21,23)/t14-/m0/s1. The van der Waals surface area contributed by atoms with Crippen molar-refractivity contribution in [2.75, 3.05) is 21.9 Å². The molecule has 0 aliphatic carbocycles. The van der Waals surface area contributed by atoms with E-state index in [9.17, 15) is 13.2 Å². The average Bonchev–Trinajstić information content (AvgIpc) is 2.86. The molecule has 0 saturated heterocycles. The first-order valence-electron chi connectivity index (χ1n) is 9.25. The first kappa shape index (κ1) is 19.1. The highest BCUT2D eigenvalue weighted by atomic mass is 32.2. The van der Waals surface area contributed by atoms with Crippen molar-refractivity contribution >= 4 is 39.1 Å². The Labute approximate surface area is 169 Å². The highest BCUT2D eigenvalue weighted by Gasteiger charge is 2.34. The van der Waals surface area contributed by atoms with Crippen LogP contribution in [-0.2, 0) is 14.8 Å². The highest BCUT2D eigenvalue weighted by Crippen LogP contribution is 2.39. The summed E-state index contributed by atoms with van der Waals surface area (Å²) in [6.07, 6.45) is 0.910. The SMILES string of the molecule is CC[C@H]1CN(S(=O)(=O)c2ccc3c(c2)NC(=O)CCS3)c2cc(C)ccc2O1. The number of hydrogen-bond donors (Lipinski definition) is 1. The molecule has 0 radical (unpaired) electrons. The van der Waals surface area contributed by atoms with Gasteiger partial charge in [-0.05, 0) is 49.2 Å². The zero-order valence-electron chi connectivity index (χ0n) is 15.8. The molecule has 0 saturated carbocycles. The summed E-state index contributed by atoms with van der Waals surface area (Å²) in [5.41, 5.74) is 2.07. The largest absolute Gasteiger partial charge is 0.486 e. The fraction of sp³-hybridized carbons (Fsp3) is 0.350. The molecule has 1 amide bonds. The van der Waals surface area contributed by atoms with Gasteiger partial charge in [0.25, 0.3) is 10.0 Å². The molecule has 0 bridgehead atoms. The first-order valence-corrected chi connectivity index (χ1v) is 11.7. The van der Waals surface area contributed by atoms with Gasteiger partial charge in [-0.2, -0.15) is 0 Å². The van der Waals surface area contributed by atoms with Gasteiger partial charge in [0.05, 0.1) is 22.8 Å². The molecule has 0 unspecified atom stereocenters. The summed E-state index contributed by atoms with van der Waals surface area (Å²) in [6.45, 7) is 4.16. The third-order valence-corrected chi connectivity index (χ3v) is 7.75. The molecule has 6 nitrogen and oxygen atoms in total. The van der Waals surface area contributed by atoms with Crippen molar-refractivity contribution < 1.29 is 17.9 Å². The van der Waals surface area contributed by atoms with Crippen LogP contribution < -0.4 is 14.4 Å². The van der Waals surface area contributed by atoms with Gasteiger partial charge in [0.2, 0.25) is 5.91 Å². The fourth-order valence-electron chi connectivity index (χ4n) is 3.35.